The second-order valence-corrected chi connectivity index (χ2v) is 8.56. The van der Waals surface area contributed by atoms with Crippen molar-refractivity contribution in [2.75, 3.05) is 43.0 Å². The van der Waals surface area contributed by atoms with E-state index in [1.807, 2.05) is 29.4 Å². The number of aromatic nitrogens is 1. The average molecular weight is 438 g/mol. The molecule has 0 aliphatic carbocycles. The molecule has 0 saturated carbocycles. The topological polar surface area (TPSA) is 35.0 Å². The molecule has 33 heavy (non-hydrogen) atoms. The van der Waals surface area contributed by atoms with Gasteiger partial charge in [0.05, 0.1) is 11.8 Å². The van der Waals surface area contributed by atoms with Crippen LogP contribution in [0, 0.1) is 0 Å². The molecule has 2 heterocycles. The van der Waals surface area contributed by atoms with Gasteiger partial charge in [-0.05, 0) is 53.6 Å². The molecule has 1 atom stereocenters. The van der Waals surface area contributed by atoms with Gasteiger partial charge in [0, 0.05) is 52.2 Å². The van der Waals surface area contributed by atoms with E-state index < -0.39 is 0 Å². The van der Waals surface area contributed by atoms with Gasteiger partial charge >= 0.3 is 0 Å². The maximum atomic E-state index is 4.88. The third kappa shape index (κ3) is 5.69. The number of hydrogen-bond donors (Lipinski definition) is 0. The second-order valence-electron chi connectivity index (χ2n) is 8.56. The summed E-state index contributed by atoms with van der Waals surface area (Å²) in [6, 6.07) is 23.1. The summed E-state index contributed by atoms with van der Waals surface area (Å²) in [7, 11) is 8.21. The molecular formula is C28H31N5. The van der Waals surface area contributed by atoms with Crippen LogP contribution in [0.25, 0.3) is 12.2 Å². The minimum atomic E-state index is 0.115. The van der Waals surface area contributed by atoms with Crippen LogP contribution in [0.2, 0.25) is 0 Å². The maximum absolute atomic E-state index is 4.88. The molecule has 1 unspecified atom stereocenters. The highest BCUT2D eigenvalue weighted by molar-refractivity contribution is 6.01. The number of benzene rings is 2. The molecule has 0 amide bonds. The molecule has 5 heteroatoms. The zero-order valence-corrected chi connectivity index (χ0v) is 19.8. The van der Waals surface area contributed by atoms with Crippen LogP contribution in [0.4, 0.5) is 17.2 Å². The highest BCUT2D eigenvalue weighted by atomic mass is 15.5. The Bertz CT molecular complexity index is 1130. The lowest BCUT2D eigenvalue weighted by Crippen LogP contribution is -2.24. The van der Waals surface area contributed by atoms with Crippen LogP contribution in [0.5, 0.6) is 0 Å². The van der Waals surface area contributed by atoms with Crippen molar-refractivity contribution in [3.05, 3.63) is 96.2 Å². The summed E-state index contributed by atoms with van der Waals surface area (Å²) in [6.45, 7) is 0. The second kappa shape index (κ2) is 10.2. The summed E-state index contributed by atoms with van der Waals surface area (Å²) in [5, 5.41) is 6.90. The fourth-order valence-electron chi connectivity index (χ4n) is 3.70. The minimum absolute atomic E-state index is 0.115. The van der Waals surface area contributed by atoms with E-state index in [0.717, 1.165) is 23.5 Å². The van der Waals surface area contributed by atoms with Gasteiger partial charge in [-0.2, -0.15) is 5.10 Å². The van der Waals surface area contributed by atoms with Gasteiger partial charge in [-0.15, -0.1) is 0 Å². The number of nitrogens with zero attached hydrogens (tertiary/aromatic N) is 5. The van der Waals surface area contributed by atoms with Crippen molar-refractivity contribution in [1.29, 1.82) is 0 Å². The molecule has 1 aliphatic rings. The highest BCUT2D eigenvalue weighted by Gasteiger charge is 2.25. The van der Waals surface area contributed by atoms with Gasteiger partial charge in [0.25, 0.3) is 0 Å². The van der Waals surface area contributed by atoms with Crippen LogP contribution in [0.1, 0.15) is 17.5 Å². The third-order valence-electron chi connectivity index (χ3n) is 5.65. The number of hydrogen-bond acceptors (Lipinski definition) is 5. The number of rotatable bonds is 7. The molecular weight excluding hydrogens is 406 g/mol. The van der Waals surface area contributed by atoms with Crippen molar-refractivity contribution in [3.63, 3.8) is 0 Å². The van der Waals surface area contributed by atoms with Gasteiger partial charge in [-0.3, -0.25) is 0 Å². The van der Waals surface area contributed by atoms with E-state index in [-0.39, 0.29) is 6.04 Å². The Morgan fingerprint density at radius 2 is 1.36 bits per heavy atom. The van der Waals surface area contributed by atoms with E-state index in [4.69, 9.17) is 5.10 Å². The van der Waals surface area contributed by atoms with Gasteiger partial charge in [-0.1, -0.05) is 48.6 Å². The van der Waals surface area contributed by atoms with Crippen LogP contribution < -0.4 is 14.8 Å². The summed E-state index contributed by atoms with van der Waals surface area (Å²) in [4.78, 5) is 8.73. The highest BCUT2D eigenvalue weighted by Crippen LogP contribution is 2.25. The molecule has 2 aromatic carbocycles. The van der Waals surface area contributed by atoms with E-state index in [1.165, 1.54) is 16.9 Å². The van der Waals surface area contributed by atoms with Gasteiger partial charge in [0.15, 0.2) is 0 Å². The Balaban J connectivity index is 1.52. The summed E-state index contributed by atoms with van der Waals surface area (Å²) >= 11 is 0. The Morgan fingerprint density at radius 3 is 1.91 bits per heavy atom. The van der Waals surface area contributed by atoms with Crippen molar-refractivity contribution in [2.45, 2.75) is 12.5 Å². The van der Waals surface area contributed by atoms with E-state index in [0.29, 0.717) is 0 Å². The number of pyridine rings is 1. The smallest absolute Gasteiger partial charge is 0.149 e. The lowest BCUT2D eigenvalue weighted by Gasteiger charge is -2.19. The molecule has 3 aromatic rings. The van der Waals surface area contributed by atoms with Crippen LogP contribution in [0.15, 0.2) is 90.2 Å². The largest absolute Gasteiger partial charge is 0.378 e. The van der Waals surface area contributed by atoms with Crippen molar-refractivity contribution >= 4 is 35.1 Å². The number of anilines is 3. The molecule has 0 fully saturated rings. The van der Waals surface area contributed by atoms with Crippen molar-refractivity contribution < 1.29 is 0 Å². The van der Waals surface area contributed by atoms with E-state index in [9.17, 15) is 0 Å². The zero-order chi connectivity index (χ0) is 23.2. The standard InChI is InChI=1S/C28H31N5/c1-31(2)25-15-9-22(10-16-25)8-14-24-21-27(33(30-24)28-7-5-6-20-29-28)19-13-23-11-17-26(18-12-23)32(3)4/h5-20,27H,21H2,1-4H3. The van der Waals surface area contributed by atoms with Gasteiger partial charge in [-0.25, -0.2) is 9.99 Å². The quantitative estimate of drug-likeness (QED) is 0.484. The van der Waals surface area contributed by atoms with Crippen LogP contribution in [-0.4, -0.2) is 44.9 Å². The van der Waals surface area contributed by atoms with E-state index in [2.05, 4.69) is 116 Å². The van der Waals surface area contributed by atoms with Crippen LogP contribution >= 0.6 is 0 Å². The van der Waals surface area contributed by atoms with E-state index in [1.54, 1.807) is 0 Å². The summed E-state index contributed by atoms with van der Waals surface area (Å²) in [6.07, 6.45) is 11.3. The molecule has 0 N–H and O–H groups in total. The fourth-order valence-corrected chi connectivity index (χ4v) is 3.70. The molecule has 0 radical (unpaired) electrons. The number of hydrazone groups is 1. The first-order chi connectivity index (χ1) is 16.0. The lowest BCUT2D eigenvalue weighted by molar-refractivity contribution is 0.776. The van der Waals surface area contributed by atoms with Gasteiger partial charge in [0.2, 0.25) is 0 Å². The molecule has 0 spiro atoms. The van der Waals surface area contributed by atoms with Gasteiger partial charge in [0.1, 0.15) is 5.82 Å². The molecule has 0 saturated heterocycles. The molecule has 4 rings (SSSR count). The third-order valence-corrected chi connectivity index (χ3v) is 5.65. The molecule has 168 valence electrons. The first-order valence-corrected chi connectivity index (χ1v) is 11.2. The SMILES string of the molecule is CN(C)c1ccc(C=CC2=NN(c3ccccn3)C(C=Cc3ccc(N(C)C)cc3)C2)cc1. The molecule has 1 aliphatic heterocycles. The average Bonchev–Trinajstić information content (AvgIpc) is 3.25. The molecule has 1 aromatic heterocycles. The van der Waals surface area contributed by atoms with Crippen LogP contribution in [-0.2, 0) is 0 Å². The van der Waals surface area contributed by atoms with Crippen molar-refractivity contribution in [1.82, 2.24) is 4.98 Å². The molecule has 0 bridgehead atoms. The number of allylic oxidation sites excluding steroid dienone is 1. The monoisotopic (exact) mass is 437 g/mol. The maximum Gasteiger partial charge on any atom is 0.149 e. The molecule has 5 nitrogen and oxygen atoms in total. The lowest BCUT2D eigenvalue weighted by atomic mass is 10.1. The summed E-state index contributed by atoms with van der Waals surface area (Å²) in [5.41, 5.74) is 5.75. The van der Waals surface area contributed by atoms with Crippen molar-refractivity contribution in [3.8, 4) is 0 Å². The zero-order valence-electron chi connectivity index (χ0n) is 19.8. The Hall–Kier alpha value is -3.86. The Morgan fingerprint density at radius 1 is 0.758 bits per heavy atom. The predicted octanol–water partition coefficient (Wildman–Crippen LogP) is 5.58. The van der Waals surface area contributed by atoms with Crippen molar-refractivity contribution in [2.24, 2.45) is 5.10 Å². The first-order valence-electron chi connectivity index (χ1n) is 11.2. The van der Waals surface area contributed by atoms with Crippen LogP contribution in [0.3, 0.4) is 0 Å². The Kier molecular flexibility index (Phi) is 6.89. The minimum Gasteiger partial charge on any atom is -0.378 e. The predicted molar refractivity (Wildman–Crippen MR) is 142 cm³/mol. The Labute approximate surface area is 197 Å². The summed E-state index contributed by atoms with van der Waals surface area (Å²) in [5.74, 6) is 0.855. The fraction of sp³-hybridized carbons (Fsp3) is 0.214. The first kappa shape index (κ1) is 22.3. The normalized spacial score (nSPS) is 15.9. The van der Waals surface area contributed by atoms with Gasteiger partial charge < -0.3 is 9.80 Å². The summed E-state index contributed by atoms with van der Waals surface area (Å²) < 4.78 is 0. The van der Waals surface area contributed by atoms with E-state index >= 15 is 0 Å².